The number of aliphatic hydroxyl groups is 1. The molecule has 1 N–H and O–H groups in total. The Bertz CT molecular complexity index is 399. The van der Waals surface area contributed by atoms with E-state index in [0.717, 1.165) is 0 Å². The number of hydrogen-bond acceptors (Lipinski definition) is 3. The van der Waals surface area contributed by atoms with Crippen molar-refractivity contribution in [2.24, 2.45) is 17.8 Å². The monoisotopic (exact) mass is 530 g/mol. The number of hydrogen-bond donors (Lipinski definition) is 1. The molecule has 0 aliphatic heterocycles. The van der Waals surface area contributed by atoms with Crippen molar-refractivity contribution >= 4 is 46.9 Å². The van der Waals surface area contributed by atoms with Gasteiger partial charge in [0.05, 0.1) is 0 Å². The van der Waals surface area contributed by atoms with Crippen LogP contribution in [0, 0.1) is 17.8 Å². The molecule has 0 aliphatic carbocycles. The molecule has 5 heteroatoms. The van der Waals surface area contributed by atoms with Crippen molar-refractivity contribution in [3.63, 3.8) is 0 Å². The standard InChI is InChI=1S/C14H22IO3.3CH3.Sn/c1-6-10(4)13(17)11(5)14(9(2)3)18-12(16)7-8-15;;;;/h1,6-11,13-14,17H,2-5H3;3*1H3;/b6-1?,8-7+;;;;/t10-,11+,13-,14-;;;;/m0..../s1. The summed E-state index contributed by atoms with van der Waals surface area (Å²) in [6, 6.07) is 0. The van der Waals surface area contributed by atoms with E-state index < -0.39 is 24.5 Å². The summed E-state index contributed by atoms with van der Waals surface area (Å²) in [5.41, 5.74) is 0. The number of carbonyl (C=O) groups excluding carboxylic acids is 1. The maximum atomic E-state index is 11.7. The van der Waals surface area contributed by atoms with Gasteiger partial charge < -0.3 is 0 Å². The van der Waals surface area contributed by atoms with Crippen LogP contribution in [-0.4, -0.2) is 41.7 Å². The molecule has 0 radical (unpaired) electrons. The van der Waals surface area contributed by atoms with Gasteiger partial charge in [-0.15, -0.1) is 0 Å². The molecule has 4 atom stereocenters. The zero-order valence-corrected chi connectivity index (χ0v) is 19.8. The summed E-state index contributed by atoms with van der Waals surface area (Å²) in [4.78, 5) is 18.7. The van der Waals surface area contributed by atoms with E-state index in [0.29, 0.717) is 0 Å². The van der Waals surface area contributed by atoms with Gasteiger partial charge in [-0.05, 0) is 0 Å². The first-order chi connectivity index (χ1) is 9.99. The van der Waals surface area contributed by atoms with Crippen molar-refractivity contribution < 1.29 is 14.6 Å². The molecule has 0 unspecified atom stereocenters. The molecule has 0 amide bonds. The Hall–Kier alpha value is 0.439. The first kappa shape index (κ1) is 22.4. The van der Waals surface area contributed by atoms with Crippen molar-refractivity contribution in [1.82, 2.24) is 0 Å². The van der Waals surface area contributed by atoms with Crippen LogP contribution in [0.25, 0.3) is 0 Å². The molecule has 22 heavy (non-hydrogen) atoms. The third kappa shape index (κ3) is 8.91. The molecule has 0 aromatic heterocycles. The molecule has 0 bridgehead atoms. The zero-order valence-electron chi connectivity index (χ0n) is 14.8. The molecule has 0 saturated heterocycles. The fraction of sp³-hybridized carbons (Fsp3) is 0.706. The van der Waals surface area contributed by atoms with E-state index in [9.17, 15) is 9.90 Å². The number of rotatable bonds is 8. The third-order valence-corrected chi connectivity index (χ3v) is 7.37. The van der Waals surface area contributed by atoms with Gasteiger partial charge in [0.2, 0.25) is 0 Å². The second-order valence-corrected chi connectivity index (χ2v) is 22.5. The predicted octanol–water partition coefficient (Wildman–Crippen LogP) is 4.57. The third-order valence-electron chi connectivity index (χ3n) is 3.60. The van der Waals surface area contributed by atoms with E-state index in [2.05, 4.69) is 25.0 Å². The van der Waals surface area contributed by atoms with Crippen LogP contribution in [0.2, 0.25) is 14.8 Å². The molecule has 0 heterocycles. The van der Waals surface area contributed by atoms with Crippen LogP contribution >= 0.6 is 22.6 Å². The van der Waals surface area contributed by atoms with Crippen LogP contribution in [0.5, 0.6) is 0 Å². The van der Waals surface area contributed by atoms with Gasteiger partial charge >= 0.3 is 154 Å². The Kier molecular flexibility index (Phi) is 10.5. The van der Waals surface area contributed by atoms with Crippen molar-refractivity contribution in [3.05, 3.63) is 20.3 Å². The molecule has 0 rings (SSSR count). The van der Waals surface area contributed by atoms with E-state index in [1.165, 1.54) is 6.08 Å². The first-order valence-corrected chi connectivity index (χ1v) is 19.3. The fourth-order valence-electron chi connectivity index (χ4n) is 2.30. The molecule has 0 aliphatic rings. The van der Waals surface area contributed by atoms with E-state index in [-0.39, 0.29) is 29.8 Å². The molecule has 0 aromatic carbocycles. The molecule has 3 nitrogen and oxygen atoms in total. The molecule has 128 valence electrons. The average molecular weight is 529 g/mol. The van der Waals surface area contributed by atoms with Gasteiger partial charge in [-0.2, -0.15) is 0 Å². The first-order valence-electron chi connectivity index (χ1n) is 7.84. The van der Waals surface area contributed by atoms with Gasteiger partial charge in [0.1, 0.15) is 0 Å². The summed E-state index contributed by atoms with van der Waals surface area (Å²) in [7, 11) is 0. The van der Waals surface area contributed by atoms with Crippen molar-refractivity contribution in [3.8, 4) is 0 Å². The second kappa shape index (κ2) is 10.3. The minimum absolute atomic E-state index is 0.0611. The topological polar surface area (TPSA) is 46.5 Å². The summed E-state index contributed by atoms with van der Waals surface area (Å²) in [6.07, 6.45) is 2.74. The van der Waals surface area contributed by atoms with Gasteiger partial charge in [0.25, 0.3) is 0 Å². The predicted molar refractivity (Wildman–Crippen MR) is 105 cm³/mol. The second-order valence-electron chi connectivity index (χ2n) is 7.37. The maximum absolute atomic E-state index is 11.7. The summed E-state index contributed by atoms with van der Waals surface area (Å²) < 4.78 is 9.49. The van der Waals surface area contributed by atoms with Crippen LogP contribution < -0.4 is 0 Å². The molecule has 0 saturated carbocycles. The molecule has 0 fully saturated rings. The van der Waals surface area contributed by atoms with Gasteiger partial charge in [0, 0.05) is 0 Å². The van der Waals surface area contributed by atoms with Crippen LogP contribution in [0.4, 0.5) is 0 Å². The Morgan fingerprint density at radius 1 is 1.18 bits per heavy atom. The van der Waals surface area contributed by atoms with Crippen molar-refractivity contribution in [2.75, 3.05) is 0 Å². The van der Waals surface area contributed by atoms with Gasteiger partial charge in [-0.25, -0.2) is 0 Å². The van der Waals surface area contributed by atoms with Crippen molar-refractivity contribution in [2.45, 2.75) is 54.7 Å². The Labute approximate surface area is 153 Å². The Morgan fingerprint density at radius 3 is 2.14 bits per heavy atom. The molecular weight excluding hydrogens is 498 g/mol. The number of aliphatic hydroxyl groups excluding tert-OH is 1. The van der Waals surface area contributed by atoms with E-state index >= 15 is 0 Å². The number of halogens is 1. The number of carbonyl (C=O) groups is 1. The summed E-state index contributed by atoms with van der Waals surface area (Å²) >= 11 is 0.0209. The Morgan fingerprint density at radius 2 is 1.73 bits per heavy atom. The summed E-state index contributed by atoms with van der Waals surface area (Å²) in [6.45, 7) is 8.02. The zero-order chi connectivity index (χ0) is 17.5. The summed E-state index contributed by atoms with van der Waals surface area (Å²) in [5.74, 6) is -0.234. The minimum atomic E-state index is -1.97. The van der Waals surface area contributed by atoms with Gasteiger partial charge in [0.15, 0.2) is 0 Å². The van der Waals surface area contributed by atoms with E-state index in [1.807, 2.05) is 50.3 Å². The van der Waals surface area contributed by atoms with Gasteiger partial charge in [-0.3, -0.25) is 0 Å². The molecular formula is C17H31IO3Sn. The van der Waals surface area contributed by atoms with Crippen LogP contribution in [0.3, 0.4) is 0 Å². The number of esters is 1. The molecule has 0 aromatic rings. The summed E-state index contributed by atoms with van der Waals surface area (Å²) in [5, 5.41) is 10.6. The average Bonchev–Trinajstić information content (AvgIpc) is 2.39. The molecule has 0 spiro atoms. The van der Waals surface area contributed by atoms with Crippen LogP contribution in [0.15, 0.2) is 20.3 Å². The number of ether oxygens (including phenoxy) is 1. The van der Waals surface area contributed by atoms with Crippen LogP contribution in [0.1, 0.15) is 27.7 Å². The van der Waals surface area contributed by atoms with Crippen molar-refractivity contribution in [1.29, 1.82) is 0 Å². The Balaban J connectivity index is 4.95. The van der Waals surface area contributed by atoms with Crippen LogP contribution in [-0.2, 0) is 9.53 Å². The normalized spacial score (nSPS) is 18.6. The van der Waals surface area contributed by atoms with Gasteiger partial charge in [-0.1, -0.05) is 0 Å². The van der Waals surface area contributed by atoms with E-state index in [1.54, 1.807) is 4.08 Å². The quantitative estimate of drug-likeness (QED) is 0.217. The SMILES string of the molecule is CC(C)[C@H](OC(=O)/C=C/I)[C@H](C)[C@@H](O)[C@@H](C)/C=[CH]/[Sn]([CH3])([CH3])[CH3]. The van der Waals surface area contributed by atoms with E-state index in [4.69, 9.17) is 4.74 Å². The fourth-order valence-corrected chi connectivity index (χ4v) is 5.11.